The van der Waals surface area contributed by atoms with Crippen LogP contribution >= 0.6 is 0 Å². The minimum Gasteiger partial charge on any atom is -0.493 e. The number of nitrogen functional groups attached to an aromatic ring is 1. The highest BCUT2D eigenvalue weighted by Crippen LogP contribution is 2.14. The fraction of sp³-hybridized carbons (Fsp3) is 0.333. The zero-order valence-corrected chi connectivity index (χ0v) is 12.3. The molecule has 0 unspecified atom stereocenters. The zero-order valence-electron chi connectivity index (χ0n) is 12.3. The largest absolute Gasteiger partial charge is 0.493 e. The number of hydrogen-bond acceptors (Lipinski definition) is 4. The van der Waals surface area contributed by atoms with Crippen molar-refractivity contribution in [1.82, 2.24) is 14.7 Å². The average molecular weight is 288 g/mol. The number of nitrogens with two attached hydrogens (primary N) is 1. The van der Waals surface area contributed by atoms with Crippen molar-refractivity contribution in [2.75, 3.05) is 19.4 Å². The van der Waals surface area contributed by atoms with Crippen LogP contribution in [0.2, 0.25) is 0 Å². The normalized spacial score (nSPS) is 10.4. The van der Waals surface area contributed by atoms with Gasteiger partial charge in [0.1, 0.15) is 5.75 Å². The third-order valence-electron chi connectivity index (χ3n) is 3.05. The van der Waals surface area contributed by atoms with Gasteiger partial charge in [-0.2, -0.15) is 5.10 Å². The molecule has 0 bridgehead atoms. The van der Waals surface area contributed by atoms with Crippen molar-refractivity contribution < 1.29 is 9.53 Å². The predicted molar refractivity (Wildman–Crippen MR) is 80.6 cm³/mol. The monoisotopic (exact) mass is 288 g/mol. The Morgan fingerprint density at radius 2 is 2.29 bits per heavy atom. The van der Waals surface area contributed by atoms with Crippen LogP contribution in [0.3, 0.4) is 0 Å². The lowest BCUT2D eigenvalue weighted by atomic mass is 10.3. The van der Waals surface area contributed by atoms with Gasteiger partial charge >= 0.3 is 0 Å². The van der Waals surface area contributed by atoms with Gasteiger partial charge in [-0.3, -0.25) is 9.48 Å². The number of carbonyl (C=O) groups excluding carboxylic acids is 1. The van der Waals surface area contributed by atoms with E-state index in [0.29, 0.717) is 31.0 Å². The average Bonchev–Trinajstić information content (AvgIpc) is 2.84. The molecule has 1 aromatic heterocycles. The first kappa shape index (κ1) is 14.9. The van der Waals surface area contributed by atoms with Gasteiger partial charge in [0, 0.05) is 44.2 Å². The highest BCUT2D eigenvalue weighted by Gasteiger charge is 2.10. The van der Waals surface area contributed by atoms with Gasteiger partial charge in [0.25, 0.3) is 0 Å². The Bertz CT molecular complexity index is 609. The molecule has 0 radical (unpaired) electrons. The Kier molecular flexibility index (Phi) is 4.81. The van der Waals surface area contributed by atoms with Crippen molar-refractivity contribution in [3.05, 3.63) is 42.2 Å². The highest BCUT2D eigenvalue weighted by molar-refractivity contribution is 5.76. The standard InChI is InChI=1S/C15H20N4O2/c1-18(10-12-9-17-19(2)11-12)15(20)6-7-21-14-5-3-4-13(16)8-14/h3-5,8-9,11H,6-7,10,16H2,1-2H3. The molecule has 2 N–H and O–H groups in total. The molecular weight excluding hydrogens is 268 g/mol. The molecule has 0 aliphatic carbocycles. The number of benzene rings is 1. The first-order valence-corrected chi connectivity index (χ1v) is 6.74. The number of aromatic nitrogens is 2. The van der Waals surface area contributed by atoms with E-state index in [2.05, 4.69) is 5.10 Å². The lowest BCUT2D eigenvalue weighted by Crippen LogP contribution is -2.27. The van der Waals surface area contributed by atoms with Crippen LogP contribution < -0.4 is 10.5 Å². The van der Waals surface area contributed by atoms with Gasteiger partial charge in [0.05, 0.1) is 19.2 Å². The van der Waals surface area contributed by atoms with E-state index in [1.807, 2.05) is 25.4 Å². The second-order valence-electron chi connectivity index (χ2n) is 4.94. The Morgan fingerprint density at radius 3 is 2.95 bits per heavy atom. The molecule has 1 heterocycles. The number of aryl methyl sites for hydroxylation is 1. The first-order chi connectivity index (χ1) is 10.0. The maximum atomic E-state index is 12.0. The van der Waals surface area contributed by atoms with E-state index in [-0.39, 0.29) is 5.91 Å². The molecule has 6 nitrogen and oxygen atoms in total. The molecule has 112 valence electrons. The van der Waals surface area contributed by atoms with Gasteiger partial charge in [0.2, 0.25) is 5.91 Å². The summed E-state index contributed by atoms with van der Waals surface area (Å²) >= 11 is 0. The van der Waals surface area contributed by atoms with E-state index >= 15 is 0 Å². The molecule has 21 heavy (non-hydrogen) atoms. The number of carbonyl (C=O) groups is 1. The van der Waals surface area contributed by atoms with E-state index in [4.69, 9.17) is 10.5 Å². The summed E-state index contributed by atoms with van der Waals surface area (Å²) in [4.78, 5) is 13.7. The van der Waals surface area contributed by atoms with Gasteiger partial charge in [-0.05, 0) is 12.1 Å². The maximum Gasteiger partial charge on any atom is 0.226 e. The van der Waals surface area contributed by atoms with Crippen LogP contribution in [-0.2, 0) is 18.4 Å². The number of rotatable bonds is 6. The molecule has 0 fully saturated rings. The van der Waals surface area contributed by atoms with Crippen LogP contribution in [0.4, 0.5) is 5.69 Å². The van der Waals surface area contributed by atoms with E-state index in [9.17, 15) is 4.79 Å². The first-order valence-electron chi connectivity index (χ1n) is 6.74. The lowest BCUT2D eigenvalue weighted by Gasteiger charge is -2.16. The third-order valence-corrected chi connectivity index (χ3v) is 3.05. The van der Waals surface area contributed by atoms with Crippen molar-refractivity contribution in [3.63, 3.8) is 0 Å². The molecular formula is C15H20N4O2. The Hall–Kier alpha value is -2.50. The quantitative estimate of drug-likeness (QED) is 0.816. The molecule has 0 aliphatic heterocycles. The predicted octanol–water partition coefficient (Wildman–Crippen LogP) is 1.43. The molecule has 6 heteroatoms. The minimum absolute atomic E-state index is 0.0303. The van der Waals surface area contributed by atoms with Gasteiger partial charge < -0.3 is 15.4 Å². The molecule has 0 aliphatic rings. The summed E-state index contributed by atoms with van der Waals surface area (Å²) in [6.45, 7) is 0.880. The number of ether oxygens (including phenoxy) is 1. The Morgan fingerprint density at radius 1 is 1.48 bits per heavy atom. The Labute approximate surface area is 124 Å². The summed E-state index contributed by atoms with van der Waals surface area (Å²) in [5, 5.41) is 4.08. The van der Waals surface area contributed by atoms with Crippen molar-refractivity contribution in [2.24, 2.45) is 7.05 Å². The van der Waals surface area contributed by atoms with Crippen molar-refractivity contribution in [3.8, 4) is 5.75 Å². The minimum atomic E-state index is 0.0303. The van der Waals surface area contributed by atoms with E-state index in [0.717, 1.165) is 5.56 Å². The smallest absolute Gasteiger partial charge is 0.226 e. The lowest BCUT2D eigenvalue weighted by molar-refractivity contribution is -0.130. The molecule has 0 atom stereocenters. The molecule has 0 saturated heterocycles. The summed E-state index contributed by atoms with van der Waals surface area (Å²) in [6.07, 6.45) is 3.98. The summed E-state index contributed by atoms with van der Waals surface area (Å²) in [5.74, 6) is 0.709. The maximum absolute atomic E-state index is 12.0. The van der Waals surface area contributed by atoms with Crippen LogP contribution in [0.5, 0.6) is 5.75 Å². The molecule has 2 rings (SSSR count). The number of nitrogens with zero attached hydrogens (tertiary/aromatic N) is 3. The van der Waals surface area contributed by atoms with Crippen molar-refractivity contribution in [1.29, 1.82) is 0 Å². The SMILES string of the molecule is CN(Cc1cnn(C)c1)C(=O)CCOc1cccc(N)c1. The summed E-state index contributed by atoms with van der Waals surface area (Å²) in [6, 6.07) is 7.17. The van der Waals surface area contributed by atoms with Gasteiger partial charge in [-0.15, -0.1) is 0 Å². The van der Waals surface area contributed by atoms with Crippen molar-refractivity contribution >= 4 is 11.6 Å². The second kappa shape index (κ2) is 6.78. The molecule has 1 amide bonds. The topological polar surface area (TPSA) is 73.4 Å². The highest BCUT2D eigenvalue weighted by atomic mass is 16.5. The van der Waals surface area contributed by atoms with Gasteiger partial charge in [0.15, 0.2) is 0 Å². The summed E-state index contributed by atoms with van der Waals surface area (Å²) < 4.78 is 7.24. The summed E-state index contributed by atoms with van der Waals surface area (Å²) in [7, 11) is 3.63. The second-order valence-corrected chi connectivity index (χ2v) is 4.94. The van der Waals surface area contributed by atoms with Crippen LogP contribution in [0.15, 0.2) is 36.7 Å². The van der Waals surface area contributed by atoms with E-state index < -0.39 is 0 Å². The number of amides is 1. The summed E-state index contributed by atoms with van der Waals surface area (Å²) in [5.41, 5.74) is 7.31. The van der Waals surface area contributed by atoms with Crippen LogP contribution in [0, 0.1) is 0 Å². The fourth-order valence-corrected chi connectivity index (χ4v) is 1.97. The number of anilines is 1. The van der Waals surface area contributed by atoms with Crippen LogP contribution in [0.1, 0.15) is 12.0 Å². The fourth-order valence-electron chi connectivity index (χ4n) is 1.97. The van der Waals surface area contributed by atoms with Gasteiger partial charge in [-0.25, -0.2) is 0 Å². The molecule has 0 spiro atoms. The molecule has 2 aromatic rings. The van der Waals surface area contributed by atoms with Crippen molar-refractivity contribution in [2.45, 2.75) is 13.0 Å². The number of hydrogen-bond donors (Lipinski definition) is 1. The van der Waals surface area contributed by atoms with Gasteiger partial charge in [-0.1, -0.05) is 6.07 Å². The Balaban J connectivity index is 1.76. The third kappa shape index (κ3) is 4.52. The van der Waals surface area contributed by atoms with E-state index in [1.54, 1.807) is 35.0 Å². The van der Waals surface area contributed by atoms with Crippen LogP contribution in [-0.4, -0.2) is 34.2 Å². The van der Waals surface area contributed by atoms with E-state index in [1.165, 1.54) is 0 Å². The van der Waals surface area contributed by atoms with Crippen LogP contribution in [0.25, 0.3) is 0 Å². The molecule has 1 aromatic carbocycles. The molecule has 0 saturated carbocycles. The zero-order chi connectivity index (χ0) is 15.2.